The van der Waals surface area contributed by atoms with Gasteiger partial charge in [-0.1, -0.05) is 36.4 Å². The number of nitro groups is 2. The highest BCUT2D eigenvalue weighted by atomic mass is 16.6. The van der Waals surface area contributed by atoms with Gasteiger partial charge in [0, 0.05) is 22.9 Å². The minimum absolute atomic E-state index is 0.0414. The van der Waals surface area contributed by atoms with Crippen molar-refractivity contribution in [3.8, 4) is 11.5 Å². The zero-order chi connectivity index (χ0) is 23.9. The molecule has 33 heavy (non-hydrogen) atoms. The van der Waals surface area contributed by atoms with Crippen molar-refractivity contribution in [2.75, 3.05) is 0 Å². The molecule has 0 saturated carbocycles. The molecule has 164 valence electrons. The van der Waals surface area contributed by atoms with E-state index in [4.69, 9.17) is 4.74 Å². The van der Waals surface area contributed by atoms with Crippen molar-refractivity contribution in [3.63, 3.8) is 0 Å². The SMILES string of the molecule is O=C(OC(=O)c1cc(O)c([N+](=O)[O-])c2ccccc12)c1cc(O)c([N+](=O)[O-])c2ccccc12. The Labute approximate surface area is 183 Å². The Hall–Kier alpha value is -5.06. The van der Waals surface area contributed by atoms with E-state index in [1.807, 2.05) is 0 Å². The number of carbonyl (C=O) groups is 2. The van der Waals surface area contributed by atoms with Crippen LogP contribution in [-0.4, -0.2) is 32.0 Å². The first-order chi connectivity index (χ1) is 15.7. The second-order valence-electron chi connectivity index (χ2n) is 6.87. The van der Waals surface area contributed by atoms with E-state index in [1.54, 1.807) is 0 Å². The van der Waals surface area contributed by atoms with Crippen LogP contribution in [0.3, 0.4) is 0 Å². The summed E-state index contributed by atoms with van der Waals surface area (Å²) < 4.78 is 4.91. The van der Waals surface area contributed by atoms with Crippen LogP contribution in [0.2, 0.25) is 0 Å². The van der Waals surface area contributed by atoms with Gasteiger partial charge in [-0.3, -0.25) is 20.2 Å². The maximum absolute atomic E-state index is 12.8. The molecule has 0 radical (unpaired) electrons. The lowest BCUT2D eigenvalue weighted by atomic mass is 10.0. The minimum Gasteiger partial charge on any atom is -0.502 e. The highest BCUT2D eigenvalue weighted by molar-refractivity contribution is 6.15. The summed E-state index contributed by atoms with van der Waals surface area (Å²) >= 11 is 0. The number of benzene rings is 4. The van der Waals surface area contributed by atoms with Gasteiger partial charge in [-0.2, -0.15) is 0 Å². The third-order valence-corrected chi connectivity index (χ3v) is 4.98. The van der Waals surface area contributed by atoms with E-state index in [0.29, 0.717) is 0 Å². The summed E-state index contributed by atoms with van der Waals surface area (Å²) in [6.07, 6.45) is 0. The summed E-state index contributed by atoms with van der Waals surface area (Å²) in [6, 6.07) is 13.0. The van der Waals surface area contributed by atoms with Gasteiger partial charge in [0.25, 0.3) is 0 Å². The smallest absolute Gasteiger partial charge is 0.346 e. The normalized spacial score (nSPS) is 10.8. The molecule has 0 aromatic heterocycles. The van der Waals surface area contributed by atoms with Gasteiger partial charge >= 0.3 is 23.3 Å². The summed E-state index contributed by atoms with van der Waals surface area (Å²) in [7, 11) is 0. The Morgan fingerprint density at radius 2 is 1.00 bits per heavy atom. The van der Waals surface area contributed by atoms with Gasteiger partial charge in [-0.25, -0.2) is 9.59 Å². The quantitative estimate of drug-likeness (QED) is 0.201. The first-order valence-electron chi connectivity index (χ1n) is 9.25. The van der Waals surface area contributed by atoms with Crippen LogP contribution < -0.4 is 0 Å². The average Bonchev–Trinajstić information content (AvgIpc) is 2.77. The van der Waals surface area contributed by atoms with Crippen LogP contribution in [-0.2, 0) is 4.74 Å². The van der Waals surface area contributed by atoms with Crippen molar-refractivity contribution < 1.29 is 34.4 Å². The molecule has 11 nitrogen and oxygen atoms in total. The number of nitrogens with zero attached hydrogens (tertiary/aromatic N) is 2. The molecule has 4 aromatic carbocycles. The Morgan fingerprint density at radius 3 is 1.33 bits per heavy atom. The van der Waals surface area contributed by atoms with Crippen molar-refractivity contribution in [2.45, 2.75) is 0 Å². The van der Waals surface area contributed by atoms with Crippen LogP contribution in [0.1, 0.15) is 20.7 Å². The Morgan fingerprint density at radius 1 is 0.667 bits per heavy atom. The van der Waals surface area contributed by atoms with E-state index >= 15 is 0 Å². The van der Waals surface area contributed by atoms with E-state index in [0.717, 1.165) is 12.1 Å². The average molecular weight is 448 g/mol. The first kappa shape index (κ1) is 21.2. The van der Waals surface area contributed by atoms with Crippen LogP contribution in [0.15, 0.2) is 60.7 Å². The molecule has 2 N–H and O–H groups in total. The second-order valence-corrected chi connectivity index (χ2v) is 6.87. The molecule has 0 fully saturated rings. The Balaban J connectivity index is 1.80. The summed E-state index contributed by atoms with van der Waals surface area (Å²) in [5, 5.41) is 42.9. The first-order valence-corrected chi connectivity index (χ1v) is 9.25. The fraction of sp³-hybridized carbons (Fsp3) is 0. The number of aromatic hydroxyl groups is 2. The monoisotopic (exact) mass is 448 g/mol. The van der Waals surface area contributed by atoms with Gasteiger partial charge in [0.15, 0.2) is 11.5 Å². The molecule has 4 aromatic rings. The summed E-state index contributed by atoms with van der Waals surface area (Å²) in [6.45, 7) is 0. The molecular formula is C22H12N2O9. The van der Waals surface area contributed by atoms with Crippen LogP contribution in [0.25, 0.3) is 21.5 Å². The number of ether oxygens (including phenoxy) is 1. The van der Waals surface area contributed by atoms with Crippen molar-refractivity contribution in [2.24, 2.45) is 0 Å². The molecule has 0 amide bonds. The molecule has 0 bridgehead atoms. The number of rotatable bonds is 4. The number of hydrogen-bond donors (Lipinski definition) is 2. The number of phenols is 2. The molecule has 0 aliphatic rings. The van der Waals surface area contributed by atoms with Crippen LogP contribution in [0.5, 0.6) is 11.5 Å². The predicted molar refractivity (Wildman–Crippen MR) is 114 cm³/mol. The molecule has 0 unspecified atom stereocenters. The fourth-order valence-electron chi connectivity index (χ4n) is 3.61. The molecule has 11 heteroatoms. The van der Waals surface area contributed by atoms with E-state index < -0.39 is 44.7 Å². The zero-order valence-corrected chi connectivity index (χ0v) is 16.4. The van der Waals surface area contributed by atoms with Gasteiger partial charge in [0.1, 0.15) is 0 Å². The highest BCUT2D eigenvalue weighted by Gasteiger charge is 2.28. The third-order valence-electron chi connectivity index (χ3n) is 4.98. The maximum atomic E-state index is 12.8. The van der Waals surface area contributed by atoms with Crippen molar-refractivity contribution in [1.82, 2.24) is 0 Å². The summed E-state index contributed by atoms with van der Waals surface area (Å²) in [5.74, 6) is -4.03. The Kier molecular flexibility index (Phi) is 5.06. The molecule has 0 atom stereocenters. The number of esters is 2. The number of nitro benzene ring substituents is 2. The standard InChI is InChI=1S/C22H12N2O9/c25-17-9-15(11-5-1-3-7-13(11)19(17)23(29)30)21(27)33-22(28)16-10-18(26)20(24(31)32)14-8-4-2-6-12(14)16/h1-10,25-26H. The van der Waals surface area contributed by atoms with Crippen LogP contribution >= 0.6 is 0 Å². The van der Waals surface area contributed by atoms with Crippen LogP contribution in [0, 0.1) is 20.2 Å². The van der Waals surface area contributed by atoms with Gasteiger partial charge in [0.05, 0.1) is 31.7 Å². The minimum atomic E-state index is -1.22. The molecule has 0 heterocycles. The largest absolute Gasteiger partial charge is 0.502 e. The van der Waals surface area contributed by atoms with Gasteiger partial charge < -0.3 is 14.9 Å². The second kappa shape index (κ2) is 7.89. The van der Waals surface area contributed by atoms with Crippen molar-refractivity contribution in [1.29, 1.82) is 0 Å². The van der Waals surface area contributed by atoms with Gasteiger partial charge in [-0.15, -0.1) is 0 Å². The third kappa shape index (κ3) is 3.53. The number of fused-ring (bicyclic) bond motifs is 2. The van der Waals surface area contributed by atoms with E-state index in [2.05, 4.69) is 0 Å². The molecule has 0 saturated heterocycles. The molecule has 0 spiro atoms. The number of hydrogen-bond acceptors (Lipinski definition) is 9. The molecule has 4 rings (SSSR count). The fourth-order valence-corrected chi connectivity index (χ4v) is 3.61. The molecule has 0 aliphatic carbocycles. The lowest BCUT2D eigenvalue weighted by Gasteiger charge is -2.10. The summed E-state index contributed by atoms with van der Waals surface area (Å²) in [5.41, 5.74) is -1.84. The van der Waals surface area contributed by atoms with Crippen molar-refractivity contribution >= 4 is 44.9 Å². The lowest BCUT2D eigenvalue weighted by Crippen LogP contribution is -2.14. The van der Waals surface area contributed by atoms with E-state index in [9.17, 15) is 40.0 Å². The predicted octanol–water partition coefficient (Wildman–Crippen LogP) is 4.22. The number of phenolic OH excluding ortho intramolecular Hbond substituents is 2. The Bertz CT molecular complexity index is 1400. The zero-order valence-electron chi connectivity index (χ0n) is 16.4. The molecule has 0 aliphatic heterocycles. The highest BCUT2D eigenvalue weighted by Crippen LogP contribution is 2.39. The van der Waals surface area contributed by atoms with E-state index in [1.165, 1.54) is 48.5 Å². The van der Waals surface area contributed by atoms with E-state index in [-0.39, 0.29) is 32.7 Å². The van der Waals surface area contributed by atoms with Crippen LogP contribution in [0.4, 0.5) is 11.4 Å². The topological polar surface area (TPSA) is 170 Å². The summed E-state index contributed by atoms with van der Waals surface area (Å²) in [4.78, 5) is 46.6. The van der Waals surface area contributed by atoms with Crippen molar-refractivity contribution in [3.05, 3.63) is 92.0 Å². The maximum Gasteiger partial charge on any atom is 0.346 e. The van der Waals surface area contributed by atoms with Gasteiger partial charge in [-0.05, 0) is 12.1 Å². The lowest BCUT2D eigenvalue weighted by molar-refractivity contribution is -0.384. The molecular weight excluding hydrogens is 436 g/mol. The number of carbonyl (C=O) groups excluding carboxylic acids is 2. The van der Waals surface area contributed by atoms with Gasteiger partial charge in [0.2, 0.25) is 0 Å².